The van der Waals surface area contributed by atoms with Crippen molar-refractivity contribution in [3.63, 3.8) is 0 Å². The molecule has 3 rings (SSSR count). The van der Waals surface area contributed by atoms with Crippen LogP contribution >= 0.6 is 0 Å². The highest BCUT2D eigenvalue weighted by Gasteiger charge is 2.23. The van der Waals surface area contributed by atoms with Crippen molar-refractivity contribution in [3.05, 3.63) is 18.5 Å². The molecule has 0 spiro atoms. The molecule has 3 amide bonds. The van der Waals surface area contributed by atoms with Gasteiger partial charge in [-0.05, 0) is 18.9 Å². The second-order valence-corrected chi connectivity index (χ2v) is 6.12. The van der Waals surface area contributed by atoms with Gasteiger partial charge >= 0.3 is 6.03 Å². The van der Waals surface area contributed by atoms with Crippen LogP contribution in [0.15, 0.2) is 18.5 Å². The molecule has 2 aliphatic rings. The van der Waals surface area contributed by atoms with Gasteiger partial charge in [0.1, 0.15) is 0 Å². The summed E-state index contributed by atoms with van der Waals surface area (Å²) in [5.74, 6) is 0.483. The van der Waals surface area contributed by atoms with Gasteiger partial charge in [-0.3, -0.25) is 4.79 Å². The molecule has 1 aromatic rings. The number of hydrogen-bond donors (Lipinski definition) is 2. The molecule has 3 heterocycles. The molecule has 0 bridgehead atoms. The summed E-state index contributed by atoms with van der Waals surface area (Å²) >= 11 is 0. The number of carbonyl (C=O) groups is 2. The van der Waals surface area contributed by atoms with Crippen molar-refractivity contribution in [2.75, 3.05) is 50.8 Å². The summed E-state index contributed by atoms with van der Waals surface area (Å²) in [6, 6.07) is 1.55. The molecule has 0 saturated carbocycles. The Balaban J connectivity index is 1.34. The van der Waals surface area contributed by atoms with Crippen molar-refractivity contribution < 1.29 is 14.3 Å². The summed E-state index contributed by atoms with van der Waals surface area (Å²) in [6.45, 7) is 3.73. The van der Waals surface area contributed by atoms with Gasteiger partial charge < -0.3 is 25.2 Å². The highest BCUT2D eigenvalue weighted by molar-refractivity contribution is 5.84. The minimum absolute atomic E-state index is 0.0203. The highest BCUT2D eigenvalue weighted by Crippen LogP contribution is 2.11. The number of hydrogen-bond acceptors (Lipinski definition) is 6. The Kier molecular flexibility index (Phi) is 5.99. The predicted octanol–water partition coefficient (Wildman–Crippen LogP) is -0.397. The maximum atomic E-state index is 12.2. The largest absolute Gasteiger partial charge is 0.376 e. The monoisotopic (exact) mass is 348 g/mol. The average molecular weight is 348 g/mol. The fourth-order valence-electron chi connectivity index (χ4n) is 2.93. The standard InChI is InChI=1S/C16H24N6O3/c23-14(19-11-13-3-1-10-25-13)12-20-16(24)22-8-6-21(7-9-22)15-17-4-2-5-18-15/h2,4-5,13H,1,3,6-12H2,(H,19,23)(H,20,24)/t13-/m1/s1. The first kappa shape index (κ1) is 17.4. The summed E-state index contributed by atoms with van der Waals surface area (Å²) in [4.78, 5) is 36.1. The lowest BCUT2D eigenvalue weighted by Gasteiger charge is -2.34. The molecule has 0 aromatic carbocycles. The molecule has 0 radical (unpaired) electrons. The van der Waals surface area contributed by atoms with Gasteiger partial charge in [0, 0.05) is 51.7 Å². The molecule has 2 saturated heterocycles. The lowest BCUT2D eigenvalue weighted by atomic mass is 10.2. The number of nitrogens with zero attached hydrogens (tertiary/aromatic N) is 4. The summed E-state index contributed by atoms with van der Waals surface area (Å²) < 4.78 is 5.45. The topological polar surface area (TPSA) is 99.7 Å². The van der Waals surface area contributed by atoms with E-state index in [1.807, 2.05) is 4.90 Å². The quantitative estimate of drug-likeness (QED) is 0.751. The number of ether oxygens (including phenoxy) is 1. The summed E-state index contributed by atoms with van der Waals surface area (Å²) in [7, 11) is 0. The summed E-state index contributed by atoms with van der Waals surface area (Å²) in [6.07, 6.45) is 5.53. The fraction of sp³-hybridized carbons (Fsp3) is 0.625. The van der Waals surface area contributed by atoms with Crippen LogP contribution in [0.3, 0.4) is 0 Å². The fourth-order valence-corrected chi connectivity index (χ4v) is 2.93. The van der Waals surface area contributed by atoms with Crippen LogP contribution in [-0.2, 0) is 9.53 Å². The van der Waals surface area contributed by atoms with E-state index in [0.29, 0.717) is 38.7 Å². The number of anilines is 1. The first-order chi connectivity index (χ1) is 12.2. The van der Waals surface area contributed by atoms with Crippen LogP contribution in [0.5, 0.6) is 0 Å². The smallest absolute Gasteiger partial charge is 0.317 e. The van der Waals surface area contributed by atoms with Gasteiger partial charge in [-0.1, -0.05) is 0 Å². The highest BCUT2D eigenvalue weighted by atomic mass is 16.5. The van der Waals surface area contributed by atoms with Crippen LogP contribution in [-0.4, -0.2) is 78.8 Å². The van der Waals surface area contributed by atoms with E-state index in [-0.39, 0.29) is 24.6 Å². The third kappa shape index (κ3) is 5.02. The zero-order valence-electron chi connectivity index (χ0n) is 14.2. The Hall–Kier alpha value is -2.42. The normalized spacial score (nSPS) is 20.4. The molecule has 2 fully saturated rings. The van der Waals surface area contributed by atoms with Crippen LogP contribution in [0.4, 0.5) is 10.7 Å². The van der Waals surface area contributed by atoms with Gasteiger partial charge in [-0.25, -0.2) is 14.8 Å². The van der Waals surface area contributed by atoms with E-state index in [1.165, 1.54) is 0 Å². The van der Waals surface area contributed by atoms with Crippen LogP contribution < -0.4 is 15.5 Å². The van der Waals surface area contributed by atoms with Crippen LogP contribution in [0.1, 0.15) is 12.8 Å². The third-order valence-electron chi connectivity index (χ3n) is 4.35. The summed E-state index contributed by atoms with van der Waals surface area (Å²) in [5, 5.41) is 5.46. The van der Waals surface area contributed by atoms with E-state index in [1.54, 1.807) is 23.4 Å². The van der Waals surface area contributed by atoms with Crippen LogP contribution in [0.25, 0.3) is 0 Å². The molecular formula is C16H24N6O3. The van der Waals surface area contributed by atoms with Gasteiger partial charge in [0.2, 0.25) is 11.9 Å². The molecule has 2 aliphatic heterocycles. The zero-order valence-corrected chi connectivity index (χ0v) is 14.2. The van der Waals surface area contributed by atoms with Gasteiger partial charge in [0.15, 0.2) is 0 Å². The van der Waals surface area contributed by atoms with E-state index < -0.39 is 0 Å². The van der Waals surface area contributed by atoms with Gasteiger partial charge in [0.05, 0.1) is 12.6 Å². The maximum Gasteiger partial charge on any atom is 0.317 e. The Bertz CT molecular complexity index is 570. The van der Waals surface area contributed by atoms with E-state index >= 15 is 0 Å². The Morgan fingerprint density at radius 2 is 1.92 bits per heavy atom. The lowest BCUT2D eigenvalue weighted by Crippen LogP contribution is -2.53. The number of piperazine rings is 1. The maximum absolute atomic E-state index is 12.2. The number of carbonyl (C=O) groups excluding carboxylic acids is 2. The zero-order chi connectivity index (χ0) is 17.5. The van der Waals surface area contributed by atoms with E-state index in [0.717, 1.165) is 19.4 Å². The Labute approximate surface area is 146 Å². The van der Waals surface area contributed by atoms with Crippen molar-refractivity contribution in [2.24, 2.45) is 0 Å². The Morgan fingerprint density at radius 3 is 2.60 bits per heavy atom. The molecule has 9 nitrogen and oxygen atoms in total. The molecule has 0 unspecified atom stereocenters. The van der Waals surface area contributed by atoms with Crippen LogP contribution in [0.2, 0.25) is 0 Å². The molecule has 1 aromatic heterocycles. The average Bonchev–Trinajstić information content (AvgIpc) is 3.19. The molecule has 9 heteroatoms. The van der Waals surface area contributed by atoms with Crippen molar-refractivity contribution in [3.8, 4) is 0 Å². The van der Waals surface area contributed by atoms with E-state index in [2.05, 4.69) is 20.6 Å². The number of rotatable bonds is 5. The molecule has 25 heavy (non-hydrogen) atoms. The van der Waals surface area contributed by atoms with Crippen molar-refractivity contribution >= 4 is 17.9 Å². The van der Waals surface area contributed by atoms with Gasteiger partial charge in [0.25, 0.3) is 0 Å². The van der Waals surface area contributed by atoms with Crippen LogP contribution in [0, 0.1) is 0 Å². The van der Waals surface area contributed by atoms with Crippen molar-refractivity contribution in [1.29, 1.82) is 0 Å². The third-order valence-corrected chi connectivity index (χ3v) is 4.35. The van der Waals surface area contributed by atoms with E-state index in [9.17, 15) is 9.59 Å². The van der Waals surface area contributed by atoms with E-state index in [4.69, 9.17) is 4.74 Å². The first-order valence-electron chi connectivity index (χ1n) is 8.65. The number of urea groups is 1. The first-order valence-corrected chi connectivity index (χ1v) is 8.65. The SMILES string of the molecule is O=C(CNC(=O)N1CCN(c2ncccn2)CC1)NC[C@H]1CCCO1. The molecule has 2 N–H and O–H groups in total. The summed E-state index contributed by atoms with van der Waals surface area (Å²) in [5.41, 5.74) is 0. The molecule has 1 atom stereocenters. The number of nitrogens with one attached hydrogen (secondary N) is 2. The molecule has 136 valence electrons. The molecule has 0 aliphatic carbocycles. The molecular weight excluding hydrogens is 324 g/mol. The predicted molar refractivity (Wildman–Crippen MR) is 91.2 cm³/mol. The van der Waals surface area contributed by atoms with Gasteiger partial charge in [-0.2, -0.15) is 0 Å². The number of amides is 3. The lowest BCUT2D eigenvalue weighted by molar-refractivity contribution is -0.120. The second kappa shape index (κ2) is 8.61. The Morgan fingerprint density at radius 1 is 1.16 bits per heavy atom. The minimum Gasteiger partial charge on any atom is -0.376 e. The van der Waals surface area contributed by atoms with Crippen molar-refractivity contribution in [2.45, 2.75) is 18.9 Å². The van der Waals surface area contributed by atoms with Gasteiger partial charge in [-0.15, -0.1) is 0 Å². The van der Waals surface area contributed by atoms with Crippen molar-refractivity contribution in [1.82, 2.24) is 25.5 Å². The number of aromatic nitrogens is 2. The minimum atomic E-state index is -0.221. The second-order valence-electron chi connectivity index (χ2n) is 6.12.